The van der Waals surface area contributed by atoms with Crippen LogP contribution < -0.4 is 0 Å². The number of pyridine rings is 3. The van der Waals surface area contributed by atoms with Gasteiger partial charge in [-0.15, -0.1) is 0 Å². The zero-order valence-electron chi connectivity index (χ0n) is 32.7. The van der Waals surface area contributed by atoms with E-state index >= 15 is 0 Å². The average Bonchev–Trinajstić information content (AvgIpc) is 3.57. The molecule has 10 aromatic rings. The third kappa shape index (κ3) is 6.78. The maximum absolute atomic E-state index is 9.29. The van der Waals surface area contributed by atoms with Gasteiger partial charge in [0.05, 0.1) is 28.2 Å². The topological polar surface area (TPSA) is 101 Å². The lowest BCUT2D eigenvalue weighted by Gasteiger charge is -2.12. The molecule has 0 spiro atoms. The van der Waals surface area contributed by atoms with Crippen molar-refractivity contribution < 1.29 is 0 Å². The molecule has 0 aliphatic heterocycles. The molecule has 1 aliphatic rings. The van der Waals surface area contributed by atoms with Gasteiger partial charge in [-0.1, -0.05) is 127 Å². The van der Waals surface area contributed by atoms with E-state index in [0.29, 0.717) is 23.0 Å². The Morgan fingerprint density at radius 2 is 1.02 bits per heavy atom. The molecule has 0 radical (unpaired) electrons. The fraction of sp³-hybridized carbons (Fsp3) is 0.0185. The molecule has 61 heavy (non-hydrogen) atoms. The van der Waals surface area contributed by atoms with Crippen molar-refractivity contribution in [1.29, 1.82) is 5.26 Å². The number of nitrogens with zero attached hydrogens (tertiary/aromatic N) is 7. The van der Waals surface area contributed by atoms with Gasteiger partial charge in [0.25, 0.3) is 0 Å². The minimum absolute atomic E-state index is 0.567. The van der Waals surface area contributed by atoms with Gasteiger partial charge < -0.3 is 0 Å². The van der Waals surface area contributed by atoms with Gasteiger partial charge in [0.15, 0.2) is 17.5 Å². The first-order chi connectivity index (χ1) is 30.1. The second-order valence-electron chi connectivity index (χ2n) is 15.1. The smallest absolute Gasteiger partial charge is 0.164 e. The van der Waals surface area contributed by atoms with Crippen LogP contribution in [-0.2, 0) is 0 Å². The average molecular weight is 780 g/mol. The predicted molar refractivity (Wildman–Crippen MR) is 246 cm³/mol. The van der Waals surface area contributed by atoms with Crippen LogP contribution in [0.2, 0.25) is 0 Å². The van der Waals surface area contributed by atoms with E-state index in [1.165, 1.54) is 5.57 Å². The van der Waals surface area contributed by atoms with Crippen molar-refractivity contribution >= 4 is 50.4 Å². The summed E-state index contributed by atoms with van der Waals surface area (Å²) >= 11 is 0. The second kappa shape index (κ2) is 15.0. The van der Waals surface area contributed by atoms with Crippen LogP contribution in [0.4, 0.5) is 0 Å². The van der Waals surface area contributed by atoms with Crippen molar-refractivity contribution in [3.63, 3.8) is 0 Å². The predicted octanol–water partition coefficient (Wildman–Crippen LogP) is 12.7. The number of benzene rings is 6. The summed E-state index contributed by atoms with van der Waals surface area (Å²) in [5.41, 5.74) is 14.6. The zero-order chi connectivity index (χ0) is 40.7. The van der Waals surface area contributed by atoms with Crippen LogP contribution in [0.25, 0.3) is 107 Å². The molecule has 0 saturated carbocycles. The Hall–Kier alpha value is -8.47. The highest BCUT2D eigenvalue weighted by molar-refractivity contribution is 6.03. The number of aromatic nitrogens is 6. The molecule has 6 aromatic carbocycles. The summed E-state index contributed by atoms with van der Waals surface area (Å²) < 4.78 is 0. The van der Waals surface area contributed by atoms with E-state index in [4.69, 9.17) is 24.9 Å². The van der Waals surface area contributed by atoms with Crippen LogP contribution >= 0.6 is 0 Å². The van der Waals surface area contributed by atoms with Gasteiger partial charge in [-0.05, 0) is 82.3 Å². The van der Waals surface area contributed by atoms with E-state index in [-0.39, 0.29) is 0 Å². The van der Waals surface area contributed by atoms with Gasteiger partial charge in [-0.25, -0.2) is 15.0 Å². The van der Waals surface area contributed by atoms with Gasteiger partial charge in [0.2, 0.25) is 0 Å². The number of rotatable bonds is 6. The summed E-state index contributed by atoms with van der Waals surface area (Å²) in [7, 11) is 0. The fourth-order valence-electron chi connectivity index (χ4n) is 8.14. The van der Waals surface area contributed by atoms with Crippen LogP contribution in [0.3, 0.4) is 0 Å². The quantitative estimate of drug-likeness (QED) is 0.155. The molecule has 0 N–H and O–H groups in total. The van der Waals surface area contributed by atoms with E-state index in [1.807, 2.05) is 79.3 Å². The highest BCUT2D eigenvalue weighted by Crippen LogP contribution is 2.35. The molecule has 11 rings (SSSR count). The first kappa shape index (κ1) is 35.7. The number of hydrogen-bond donors (Lipinski definition) is 0. The molecule has 0 atom stereocenters. The van der Waals surface area contributed by atoms with E-state index in [9.17, 15) is 5.26 Å². The monoisotopic (exact) mass is 779 g/mol. The Labute approximate surface area is 351 Å². The van der Waals surface area contributed by atoms with Gasteiger partial charge in [-0.2, -0.15) is 5.26 Å². The first-order valence-electron chi connectivity index (χ1n) is 20.1. The van der Waals surface area contributed by atoms with Crippen molar-refractivity contribution in [1.82, 2.24) is 29.9 Å². The van der Waals surface area contributed by atoms with Crippen molar-refractivity contribution in [3.8, 4) is 62.5 Å². The molecule has 0 fully saturated rings. The molecule has 7 heteroatoms. The molecule has 4 heterocycles. The number of allylic oxidation sites excluding steroid dienone is 2. The fourth-order valence-corrected chi connectivity index (χ4v) is 8.14. The highest BCUT2D eigenvalue weighted by Gasteiger charge is 2.16. The number of nitriles is 1. The summed E-state index contributed by atoms with van der Waals surface area (Å²) in [6, 6.07) is 53.5. The largest absolute Gasteiger partial charge is 0.256 e. The second-order valence-corrected chi connectivity index (χ2v) is 15.1. The molecule has 1 aliphatic carbocycles. The van der Waals surface area contributed by atoms with E-state index < -0.39 is 0 Å². The lowest BCUT2D eigenvalue weighted by Crippen LogP contribution is -2.00. The molecular formula is C54H33N7. The van der Waals surface area contributed by atoms with Gasteiger partial charge in [0, 0.05) is 62.6 Å². The van der Waals surface area contributed by atoms with Crippen LogP contribution in [0, 0.1) is 11.3 Å². The molecule has 0 amide bonds. The Bertz CT molecular complexity index is 3450. The SMILES string of the molecule is N#Cc1ccc(-c2ccc(-c3nc(-c4cccc(C5=Cc6ccc7cccnc7c6C=CC5)c4)nc(-c4cccc(-c5cnc6c(ccc7cccnc76)c5)c4)n3)cc2)cc1. The van der Waals surface area contributed by atoms with Gasteiger partial charge in [-0.3, -0.25) is 15.0 Å². The molecule has 284 valence electrons. The van der Waals surface area contributed by atoms with Crippen molar-refractivity contribution in [2.75, 3.05) is 0 Å². The first-order valence-corrected chi connectivity index (χ1v) is 20.1. The lowest BCUT2D eigenvalue weighted by molar-refractivity contribution is 1.07. The summed E-state index contributed by atoms with van der Waals surface area (Å²) in [4.78, 5) is 29.6. The van der Waals surface area contributed by atoms with E-state index in [2.05, 4.69) is 120 Å². The third-order valence-electron chi connectivity index (χ3n) is 11.3. The molecule has 0 unspecified atom stereocenters. The minimum atomic E-state index is 0.567. The number of fused-ring (bicyclic) bond motifs is 6. The van der Waals surface area contributed by atoms with Gasteiger partial charge in [0.1, 0.15) is 0 Å². The van der Waals surface area contributed by atoms with E-state index in [0.717, 1.165) is 94.8 Å². The van der Waals surface area contributed by atoms with E-state index in [1.54, 1.807) is 0 Å². The van der Waals surface area contributed by atoms with Crippen molar-refractivity contribution in [3.05, 3.63) is 199 Å². The van der Waals surface area contributed by atoms with Crippen LogP contribution in [-0.4, -0.2) is 29.9 Å². The Balaban J connectivity index is 1.00. The zero-order valence-corrected chi connectivity index (χ0v) is 32.7. The Morgan fingerprint density at radius 1 is 0.443 bits per heavy atom. The summed E-state index contributed by atoms with van der Waals surface area (Å²) in [5, 5.41) is 12.5. The number of hydrogen-bond acceptors (Lipinski definition) is 7. The molecule has 0 saturated heterocycles. The van der Waals surface area contributed by atoms with Crippen molar-refractivity contribution in [2.24, 2.45) is 0 Å². The molecule has 7 nitrogen and oxygen atoms in total. The highest BCUT2D eigenvalue weighted by atomic mass is 15.0. The van der Waals surface area contributed by atoms with Crippen molar-refractivity contribution in [2.45, 2.75) is 6.42 Å². The van der Waals surface area contributed by atoms with Crippen LogP contribution in [0.1, 0.15) is 28.7 Å². The maximum Gasteiger partial charge on any atom is 0.164 e. The minimum Gasteiger partial charge on any atom is -0.256 e. The molecule has 4 aromatic heterocycles. The van der Waals surface area contributed by atoms with Crippen LogP contribution in [0.5, 0.6) is 0 Å². The van der Waals surface area contributed by atoms with Gasteiger partial charge >= 0.3 is 0 Å². The standard InChI is InChI=1S/C54H33N7/c55-32-34-14-16-35(17-15-34)36-18-22-39(23-19-36)52-59-53(45-9-1-6-41(29-45)40-8-3-13-48-43(28-40)24-20-37-11-4-26-56-49(37)48)61-54(60-52)46-10-2-7-42(30-46)47-31-44-25-21-38-12-5-27-57-50(38)51(44)58-33-47/h1-7,9-31,33H,8H2. The normalized spacial score (nSPS) is 12.2. The lowest BCUT2D eigenvalue weighted by atomic mass is 9.97. The van der Waals surface area contributed by atoms with Crippen LogP contribution in [0.15, 0.2) is 176 Å². The Kier molecular flexibility index (Phi) is 8.80. The summed E-state index contributed by atoms with van der Waals surface area (Å²) in [6.45, 7) is 0. The summed E-state index contributed by atoms with van der Waals surface area (Å²) in [6.07, 6.45) is 13.0. The Morgan fingerprint density at radius 3 is 1.75 bits per heavy atom. The third-order valence-corrected chi connectivity index (χ3v) is 11.3. The maximum atomic E-state index is 9.29. The molecular weight excluding hydrogens is 747 g/mol. The molecule has 0 bridgehead atoms. The summed E-state index contributed by atoms with van der Waals surface area (Å²) in [5.74, 6) is 1.71.